The van der Waals surface area contributed by atoms with Gasteiger partial charge in [-0.3, -0.25) is 4.79 Å². The van der Waals surface area contributed by atoms with E-state index in [0.29, 0.717) is 51.2 Å². The van der Waals surface area contributed by atoms with Crippen molar-refractivity contribution in [3.8, 4) is 0 Å². The molecule has 3 aliphatic heterocycles. The first kappa shape index (κ1) is 24.7. The Labute approximate surface area is 203 Å². The number of carbonyl (C=O) groups excluding carboxylic acids is 1. The number of aromatic nitrogens is 2. The summed E-state index contributed by atoms with van der Waals surface area (Å²) in [5, 5.41) is 0. The van der Waals surface area contributed by atoms with Gasteiger partial charge in [-0.25, -0.2) is 9.97 Å². The van der Waals surface area contributed by atoms with Gasteiger partial charge in [0.2, 0.25) is 11.9 Å². The standard InChI is InChI=1S/C24H33F3N4O4/c1-33-18-15-34-10-3-17(18)12-16-13-20-23(14-16,4-11-35-20)21(32)30-6-8-31(9-7-30)22-28-5-2-19(29-22)24(25,26)27/h2,5,16-18,20H,3-4,6-15H2,1H3/t16-,17-,18-,20-,23-/m1/s1. The summed E-state index contributed by atoms with van der Waals surface area (Å²) in [5.74, 6) is 1.02. The van der Waals surface area contributed by atoms with Crippen LogP contribution in [0.15, 0.2) is 12.3 Å². The third-order valence-corrected chi connectivity index (χ3v) is 8.27. The Morgan fingerprint density at radius 2 is 2.06 bits per heavy atom. The molecule has 1 aromatic rings. The van der Waals surface area contributed by atoms with Crippen LogP contribution in [0.4, 0.5) is 19.1 Å². The number of amides is 1. The molecule has 0 bridgehead atoms. The molecule has 0 unspecified atom stereocenters. The molecule has 1 amide bonds. The molecule has 1 saturated carbocycles. The maximum atomic E-state index is 13.8. The number of piperazine rings is 1. The quantitative estimate of drug-likeness (QED) is 0.618. The first-order valence-electron chi connectivity index (χ1n) is 12.5. The fourth-order valence-corrected chi connectivity index (χ4v) is 6.44. The summed E-state index contributed by atoms with van der Waals surface area (Å²) in [7, 11) is 1.73. The molecule has 1 aliphatic carbocycles. The molecule has 0 radical (unpaired) electrons. The Hall–Kier alpha value is -1.98. The van der Waals surface area contributed by atoms with E-state index in [-0.39, 0.29) is 24.1 Å². The van der Waals surface area contributed by atoms with Crippen molar-refractivity contribution in [3.63, 3.8) is 0 Å². The maximum absolute atomic E-state index is 13.8. The number of methoxy groups -OCH3 is 1. The SMILES string of the molecule is CO[C@@H]1COCC[C@@H]1C[C@@H]1C[C@H]2OCC[C@@]2(C(=O)N2CCN(c3nccc(C(F)(F)F)n3)CC2)C1. The van der Waals surface area contributed by atoms with Gasteiger partial charge in [0.05, 0.1) is 24.2 Å². The lowest BCUT2D eigenvalue weighted by Gasteiger charge is -2.39. The van der Waals surface area contributed by atoms with Crippen molar-refractivity contribution in [2.75, 3.05) is 58.0 Å². The predicted molar refractivity (Wildman–Crippen MR) is 120 cm³/mol. The van der Waals surface area contributed by atoms with E-state index in [1.54, 1.807) is 12.0 Å². The fraction of sp³-hybridized carbons (Fsp3) is 0.792. The topological polar surface area (TPSA) is 77.0 Å². The third kappa shape index (κ3) is 4.86. The molecule has 4 aliphatic rings. The van der Waals surface area contributed by atoms with Gasteiger partial charge < -0.3 is 24.0 Å². The molecular weight excluding hydrogens is 465 g/mol. The Morgan fingerprint density at radius 1 is 1.26 bits per heavy atom. The molecule has 194 valence electrons. The van der Waals surface area contributed by atoms with Crippen LogP contribution in [0.1, 0.15) is 37.8 Å². The van der Waals surface area contributed by atoms with E-state index in [0.717, 1.165) is 51.0 Å². The van der Waals surface area contributed by atoms with Crippen LogP contribution < -0.4 is 4.90 Å². The zero-order valence-corrected chi connectivity index (χ0v) is 20.0. The number of nitrogens with zero attached hydrogens (tertiary/aromatic N) is 4. The zero-order valence-electron chi connectivity index (χ0n) is 20.0. The summed E-state index contributed by atoms with van der Waals surface area (Å²) < 4.78 is 56.4. The van der Waals surface area contributed by atoms with Crippen molar-refractivity contribution in [2.45, 2.75) is 50.5 Å². The number of hydrogen-bond donors (Lipinski definition) is 0. The van der Waals surface area contributed by atoms with Crippen LogP contribution in [0.3, 0.4) is 0 Å². The normalized spacial score (nSPS) is 33.7. The molecule has 0 spiro atoms. The van der Waals surface area contributed by atoms with Crippen molar-refractivity contribution in [1.29, 1.82) is 0 Å². The molecule has 8 nitrogen and oxygen atoms in total. The highest BCUT2D eigenvalue weighted by Crippen LogP contribution is 2.53. The summed E-state index contributed by atoms with van der Waals surface area (Å²) in [6.45, 7) is 3.63. The Balaban J connectivity index is 1.22. The van der Waals surface area contributed by atoms with Crippen LogP contribution in [0.5, 0.6) is 0 Å². The maximum Gasteiger partial charge on any atom is 0.433 e. The fourth-order valence-electron chi connectivity index (χ4n) is 6.44. The van der Waals surface area contributed by atoms with Gasteiger partial charge in [-0.1, -0.05) is 0 Å². The van der Waals surface area contributed by atoms with Crippen LogP contribution >= 0.6 is 0 Å². The lowest BCUT2D eigenvalue weighted by atomic mass is 9.78. The van der Waals surface area contributed by atoms with Gasteiger partial charge in [0.15, 0.2) is 0 Å². The van der Waals surface area contributed by atoms with Crippen LogP contribution in [-0.2, 0) is 25.2 Å². The number of ether oxygens (including phenoxy) is 3. The lowest BCUT2D eigenvalue weighted by molar-refractivity contribution is -0.144. The second-order valence-electron chi connectivity index (χ2n) is 10.2. The highest BCUT2D eigenvalue weighted by atomic mass is 19.4. The number of carbonyl (C=O) groups is 1. The molecule has 11 heteroatoms. The molecule has 0 N–H and O–H groups in total. The number of rotatable bonds is 5. The number of halogens is 3. The summed E-state index contributed by atoms with van der Waals surface area (Å²) in [4.78, 5) is 25.1. The molecule has 1 aromatic heterocycles. The molecule has 4 fully saturated rings. The van der Waals surface area contributed by atoms with Crippen molar-refractivity contribution in [1.82, 2.24) is 14.9 Å². The Bertz CT molecular complexity index is 911. The van der Waals surface area contributed by atoms with Gasteiger partial charge >= 0.3 is 6.18 Å². The monoisotopic (exact) mass is 498 g/mol. The minimum Gasteiger partial charge on any atom is -0.379 e. The molecule has 5 rings (SSSR count). The molecule has 35 heavy (non-hydrogen) atoms. The summed E-state index contributed by atoms with van der Waals surface area (Å²) >= 11 is 0. The zero-order chi connectivity index (χ0) is 24.6. The average Bonchev–Trinajstić information content (AvgIpc) is 3.41. The third-order valence-electron chi connectivity index (χ3n) is 8.27. The highest BCUT2D eigenvalue weighted by Gasteiger charge is 2.57. The summed E-state index contributed by atoms with van der Waals surface area (Å²) in [5.41, 5.74) is -1.45. The van der Waals surface area contributed by atoms with E-state index in [9.17, 15) is 18.0 Å². The van der Waals surface area contributed by atoms with Crippen LogP contribution in [0.2, 0.25) is 0 Å². The molecular formula is C24H33F3N4O4. The average molecular weight is 499 g/mol. The van der Waals surface area contributed by atoms with Crippen molar-refractivity contribution in [2.24, 2.45) is 17.3 Å². The summed E-state index contributed by atoms with van der Waals surface area (Å²) in [6, 6.07) is 0.869. The summed E-state index contributed by atoms with van der Waals surface area (Å²) in [6.07, 6.45) is 1.07. The first-order valence-corrected chi connectivity index (χ1v) is 12.5. The van der Waals surface area contributed by atoms with E-state index in [1.807, 2.05) is 4.90 Å². The Morgan fingerprint density at radius 3 is 2.80 bits per heavy atom. The van der Waals surface area contributed by atoms with Crippen LogP contribution in [-0.4, -0.2) is 86.1 Å². The minimum atomic E-state index is -4.51. The smallest absolute Gasteiger partial charge is 0.379 e. The van der Waals surface area contributed by atoms with Crippen LogP contribution in [0.25, 0.3) is 0 Å². The van der Waals surface area contributed by atoms with E-state index < -0.39 is 17.3 Å². The molecule has 0 aromatic carbocycles. The van der Waals surface area contributed by atoms with Gasteiger partial charge in [-0.05, 0) is 50.0 Å². The lowest BCUT2D eigenvalue weighted by Crippen LogP contribution is -2.54. The van der Waals surface area contributed by atoms with Gasteiger partial charge in [0.25, 0.3) is 0 Å². The van der Waals surface area contributed by atoms with Crippen LogP contribution in [0, 0.1) is 17.3 Å². The first-order chi connectivity index (χ1) is 16.8. The van der Waals surface area contributed by atoms with Crippen molar-refractivity contribution >= 4 is 11.9 Å². The second-order valence-corrected chi connectivity index (χ2v) is 10.2. The molecule has 5 atom stereocenters. The number of anilines is 1. The van der Waals surface area contributed by atoms with Crippen molar-refractivity contribution in [3.05, 3.63) is 18.0 Å². The van der Waals surface area contributed by atoms with Gasteiger partial charge in [-0.15, -0.1) is 0 Å². The number of hydrogen-bond acceptors (Lipinski definition) is 7. The predicted octanol–water partition coefficient (Wildman–Crippen LogP) is 2.77. The van der Waals surface area contributed by atoms with Gasteiger partial charge in [0.1, 0.15) is 5.69 Å². The largest absolute Gasteiger partial charge is 0.433 e. The minimum absolute atomic E-state index is 0.0530. The molecule has 4 heterocycles. The second kappa shape index (κ2) is 9.82. The van der Waals surface area contributed by atoms with E-state index in [4.69, 9.17) is 14.2 Å². The molecule has 3 saturated heterocycles. The van der Waals surface area contributed by atoms with Crippen molar-refractivity contribution < 1.29 is 32.2 Å². The van der Waals surface area contributed by atoms with Gasteiger partial charge in [0, 0.05) is 52.7 Å². The van der Waals surface area contributed by atoms with E-state index in [2.05, 4.69) is 9.97 Å². The van der Waals surface area contributed by atoms with E-state index in [1.165, 1.54) is 0 Å². The number of fused-ring (bicyclic) bond motifs is 1. The van der Waals surface area contributed by atoms with E-state index >= 15 is 0 Å². The number of alkyl halides is 3. The Kier molecular flexibility index (Phi) is 6.93. The highest BCUT2D eigenvalue weighted by molar-refractivity contribution is 5.84. The van der Waals surface area contributed by atoms with Gasteiger partial charge in [-0.2, -0.15) is 13.2 Å².